The number of H-pyrrole nitrogens is 3. The number of carbonyl (C=O) groups is 2. The zero-order valence-electron chi connectivity index (χ0n) is 66.7. The van der Waals surface area contributed by atoms with Crippen molar-refractivity contribution in [3.63, 3.8) is 0 Å². The molecule has 3 aromatic heterocycles. The van der Waals surface area contributed by atoms with Crippen molar-refractivity contribution in [2.75, 3.05) is 62.2 Å². The number of hydroxylamine groups is 1. The van der Waals surface area contributed by atoms with Crippen LogP contribution in [0.2, 0.25) is 0 Å². The highest BCUT2D eigenvalue weighted by molar-refractivity contribution is 6.25. The van der Waals surface area contributed by atoms with E-state index in [0.29, 0.717) is 51.0 Å². The van der Waals surface area contributed by atoms with Gasteiger partial charge in [0.1, 0.15) is 23.7 Å². The molecular formula is C99H83N13O6. The second kappa shape index (κ2) is 31.5. The van der Waals surface area contributed by atoms with Crippen molar-refractivity contribution in [3.8, 4) is 17.2 Å². The fraction of sp³-hybridized carbons (Fsp3) is 0.131. The molecule has 0 aliphatic carbocycles. The summed E-state index contributed by atoms with van der Waals surface area (Å²) in [5, 5.41) is 43.2. The maximum Gasteiger partial charge on any atom is 0.261 e. The third-order valence-electron chi connectivity index (χ3n) is 22.6. The molecular weight excluding hydrogens is 1470 g/mol. The van der Waals surface area contributed by atoms with Gasteiger partial charge in [-0.3, -0.25) is 19.5 Å². The van der Waals surface area contributed by atoms with Crippen LogP contribution < -0.4 is 34.0 Å². The quantitative estimate of drug-likeness (QED) is 0.0414. The zero-order chi connectivity index (χ0) is 80.8. The molecule has 0 bridgehead atoms. The van der Waals surface area contributed by atoms with Crippen LogP contribution in [0.25, 0.3) is 97.7 Å². The number of nitrogens with one attached hydrogen (secondary N) is 3. The van der Waals surface area contributed by atoms with Crippen molar-refractivity contribution >= 4 is 178 Å². The first-order valence-electron chi connectivity index (χ1n) is 39.5. The Hall–Kier alpha value is -14.8. The number of rotatable bonds is 23. The summed E-state index contributed by atoms with van der Waals surface area (Å²) in [6.07, 6.45) is 2.33. The third-order valence-corrected chi connectivity index (χ3v) is 22.6. The van der Waals surface area contributed by atoms with Crippen LogP contribution in [0.3, 0.4) is 0 Å². The van der Waals surface area contributed by atoms with Gasteiger partial charge in [0.15, 0.2) is 17.2 Å². The van der Waals surface area contributed by atoms with E-state index in [1.807, 2.05) is 206 Å². The van der Waals surface area contributed by atoms with Gasteiger partial charge >= 0.3 is 0 Å². The summed E-state index contributed by atoms with van der Waals surface area (Å²) >= 11 is 0. The van der Waals surface area contributed by atoms with Crippen molar-refractivity contribution in [2.24, 2.45) is 30.7 Å². The first kappa shape index (κ1) is 74.6. The normalized spacial score (nSPS) is 11.9. The summed E-state index contributed by atoms with van der Waals surface area (Å²) < 4.78 is 19.0. The van der Waals surface area contributed by atoms with Crippen LogP contribution in [0.5, 0.6) is 17.2 Å². The van der Waals surface area contributed by atoms with Gasteiger partial charge in [0.2, 0.25) is 0 Å². The first-order chi connectivity index (χ1) is 57.8. The second-order valence-electron chi connectivity index (χ2n) is 29.2. The van der Waals surface area contributed by atoms with Gasteiger partial charge in [0, 0.05) is 120 Å². The number of fused-ring (bicyclic) bond motifs is 15. The van der Waals surface area contributed by atoms with Crippen LogP contribution >= 0.6 is 0 Å². The lowest BCUT2D eigenvalue weighted by atomic mass is 9.99. The van der Waals surface area contributed by atoms with Crippen molar-refractivity contribution in [1.29, 1.82) is 0 Å². The maximum absolute atomic E-state index is 15.0. The minimum atomic E-state index is -0.257. The van der Waals surface area contributed by atoms with Crippen molar-refractivity contribution < 1.29 is 28.6 Å². The molecule has 0 saturated heterocycles. The highest BCUT2D eigenvalue weighted by atomic mass is 16.7. The number of hydrogen-bond acceptors (Lipinski definition) is 14. The van der Waals surface area contributed by atoms with Gasteiger partial charge < -0.3 is 43.9 Å². The van der Waals surface area contributed by atoms with E-state index in [2.05, 4.69) is 119 Å². The second-order valence-corrected chi connectivity index (χ2v) is 29.2. The predicted octanol–water partition coefficient (Wildman–Crippen LogP) is 26.6. The lowest BCUT2D eigenvalue weighted by molar-refractivity contribution is 0.0982. The van der Waals surface area contributed by atoms with E-state index < -0.39 is 0 Å². The SMILES string of the molecule is CCc1ccccc1N(C)OCc1cc2ccc3c4ccccc4[nH]c3c2c(N=Nc2ccc(N(c3ccc(N=Nc4c(OC)c(C(=O)N(C)c5ccccc5CC)cc5ccc6c7ccccc7[nH]c6c45)cc3)c3ccc(N=Nc4c(OC)c(C(=O)N(C)c5ccccc5CC)cc5ccc6c7ccccc7[nH]c6c45)cc3)cc2)c1OC. The molecule has 0 aliphatic heterocycles. The van der Waals surface area contributed by atoms with Crippen molar-refractivity contribution in [2.45, 2.75) is 46.6 Å². The number of nitrogens with zero attached hydrogens (tertiary/aromatic N) is 10. The van der Waals surface area contributed by atoms with Crippen LogP contribution in [0, 0.1) is 0 Å². The highest BCUT2D eigenvalue weighted by Crippen LogP contribution is 2.50. The summed E-state index contributed by atoms with van der Waals surface area (Å²) in [5.41, 5.74) is 18.1. The Bertz CT molecular complexity index is 6800. The van der Waals surface area contributed by atoms with Gasteiger partial charge in [-0.1, -0.05) is 166 Å². The topological polar surface area (TPSA) is 206 Å². The van der Waals surface area contributed by atoms with Crippen LogP contribution in [0.4, 0.5) is 68.2 Å². The van der Waals surface area contributed by atoms with Gasteiger partial charge in [-0.05, 0) is 180 Å². The number of aromatic nitrogens is 3. The largest absolute Gasteiger partial charge is 0.494 e. The van der Waals surface area contributed by atoms with Crippen LogP contribution in [0.1, 0.15) is 63.7 Å². The summed E-state index contributed by atoms with van der Waals surface area (Å²) in [7, 11) is 10.3. The van der Waals surface area contributed by atoms with Crippen LogP contribution in [0.15, 0.2) is 304 Å². The molecule has 18 rings (SSSR count). The van der Waals surface area contributed by atoms with Crippen LogP contribution in [-0.2, 0) is 30.7 Å². The average Bonchev–Trinajstić information content (AvgIpc) is 1.63. The smallest absolute Gasteiger partial charge is 0.261 e. The van der Waals surface area contributed by atoms with E-state index in [1.54, 1.807) is 45.2 Å². The molecule has 118 heavy (non-hydrogen) atoms. The predicted molar refractivity (Wildman–Crippen MR) is 479 cm³/mol. The van der Waals surface area contributed by atoms with E-state index >= 15 is 9.59 Å². The number of amides is 2. The molecule has 19 heteroatoms. The number of aryl methyl sites for hydroxylation is 3. The molecule has 0 atom stereocenters. The Kier molecular flexibility index (Phi) is 19.9. The number of carbonyl (C=O) groups excluding carboxylic acids is 2. The number of hydrogen-bond donors (Lipinski definition) is 3. The minimum absolute atomic E-state index is 0.188. The number of aromatic amines is 3. The van der Waals surface area contributed by atoms with Crippen molar-refractivity contribution in [3.05, 3.63) is 306 Å². The number of azo groups is 3. The Morgan fingerprint density at radius 2 is 0.653 bits per heavy atom. The Labute approximate surface area is 680 Å². The lowest BCUT2D eigenvalue weighted by Crippen LogP contribution is -2.27. The number of benzene rings is 15. The van der Waals surface area contributed by atoms with E-state index in [9.17, 15) is 0 Å². The molecule has 580 valence electrons. The molecule has 15 aromatic carbocycles. The molecule has 0 unspecified atom stereocenters. The Morgan fingerprint density at radius 1 is 0.331 bits per heavy atom. The summed E-state index contributed by atoms with van der Waals surface area (Å²) in [6.45, 7) is 6.49. The van der Waals surface area contributed by atoms with Crippen molar-refractivity contribution in [1.82, 2.24) is 15.0 Å². The molecule has 3 heterocycles. The maximum atomic E-state index is 15.0. The number of anilines is 6. The minimum Gasteiger partial charge on any atom is -0.494 e. The van der Waals surface area contributed by atoms with E-state index in [0.717, 1.165) is 168 Å². The molecule has 0 fully saturated rings. The zero-order valence-corrected chi connectivity index (χ0v) is 66.7. The summed E-state index contributed by atoms with van der Waals surface area (Å²) in [6, 6.07) is 90.7. The lowest BCUT2D eigenvalue weighted by Gasteiger charge is -2.25. The van der Waals surface area contributed by atoms with E-state index in [-0.39, 0.29) is 29.9 Å². The van der Waals surface area contributed by atoms with Crippen LogP contribution in [-0.4, -0.2) is 69.2 Å². The van der Waals surface area contributed by atoms with Gasteiger partial charge in [-0.25, -0.2) is 0 Å². The summed E-state index contributed by atoms with van der Waals surface area (Å²) in [4.78, 5) is 53.1. The average molecular weight is 1550 g/mol. The molecule has 0 radical (unpaired) electrons. The molecule has 2 amide bonds. The fourth-order valence-electron chi connectivity index (χ4n) is 16.7. The molecule has 0 saturated carbocycles. The number of ether oxygens (including phenoxy) is 3. The highest BCUT2D eigenvalue weighted by Gasteiger charge is 2.30. The van der Waals surface area contributed by atoms with E-state index in [1.165, 1.54) is 5.56 Å². The fourth-order valence-corrected chi connectivity index (χ4v) is 16.7. The molecule has 3 N–H and O–H groups in total. The number of methoxy groups -OCH3 is 3. The molecule has 18 aromatic rings. The molecule has 19 nitrogen and oxygen atoms in total. The monoisotopic (exact) mass is 1550 g/mol. The number of para-hydroxylation sites is 6. The molecule has 0 spiro atoms. The van der Waals surface area contributed by atoms with Gasteiger partial charge in [0.05, 0.1) is 71.8 Å². The van der Waals surface area contributed by atoms with Gasteiger partial charge in [-0.2, -0.15) is 15.3 Å². The Balaban J connectivity index is 0.742. The standard InChI is InChI=1S/C99H83N13O6/c1-10-59-25-13-22-34-83(59)109(4)98(113)78-56-63-38-53-76-73-29-17-20-32-81(73)101-90(76)87(63)93(96(78)116-8)107-104-67-42-48-70(49-43-67)112(69-46-40-66(41-47-69)103-106-92-86-62(37-52-75-72-28-16-19-31-80(72)100-89(75)86)55-65(95(92)115-7)58-118-111(6)85-36-24-15-27-61(85)12-3)71-50-44-68(45-51-71)105-108-94-88-64(39-54-77-74-30-18-21-33-82(74)102-91(77)88)57-79(97(94)117-9)99(114)110(5)84-35-23-14-26-60(84)11-2/h13-57,100-102H,10-12,58H2,1-9H3. The Morgan fingerprint density at radius 3 is 1.02 bits per heavy atom. The first-order valence-corrected chi connectivity index (χ1v) is 39.5. The van der Waals surface area contributed by atoms with Gasteiger partial charge in [-0.15, -0.1) is 15.3 Å². The van der Waals surface area contributed by atoms with Gasteiger partial charge in [0.25, 0.3) is 11.8 Å². The van der Waals surface area contributed by atoms with E-state index in [4.69, 9.17) is 49.7 Å². The third kappa shape index (κ3) is 13.3. The summed E-state index contributed by atoms with van der Waals surface area (Å²) in [5.74, 6) is 0.598. The molecule has 0 aliphatic rings.